The van der Waals surface area contributed by atoms with Crippen molar-refractivity contribution in [2.24, 2.45) is 5.92 Å². The first-order valence-electron chi connectivity index (χ1n) is 7.03. The monoisotopic (exact) mass is 279 g/mol. The first-order valence-corrected chi connectivity index (χ1v) is 7.56. The van der Waals surface area contributed by atoms with Gasteiger partial charge in [0, 0.05) is 24.9 Å². The molecule has 1 saturated heterocycles. The Kier molecular flexibility index (Phi) is 4.87. The molecule has 104 valence electrons. The zero-order chi connectivity index (χ0) is 13.8. The minimum atomic E-state index is 0.229. The summed E-state index contributed by atoms with van der Waals surface area (Å²) in [5.41, 5.74) is 2.49. The number of benzene rings is 1. The Balaban J connectivity index is 1.89. The van der Waals surface area contributed by atoms with Gasteiger partial charge in [-0.1, -0.05) is 36.8 Å². The number of likely N-dealkylation sites (tertiary alicyclic amines) is 1. The van der Waals surface area contributed by atoms with Gasteiger partial charge < -0.3 is 4.90 Å². The highest BCUT2D eigenvalue weighted by atomic mass is 35.5. The number of halogens is 1. The summed E-state index contributed by atoms with van der Waals surface area (Å²) in [5, 5.41) is 0. The zero-order valence-electron chi connectivity index (χ0n) is 11.7. The highest BCUT2D eigenvalue weighted by Crippen LogP contribution is 2.25. The molecule has 1 aromatic carbocycles. The lowest BCUT2D eigenvalue weighted by Gasteiger charge is -2.25. The molecule has 2 unspecified atom stereocenters. The number of carbonyl (C=O) groups is 1. The van der Waals surface area contributed by atoms with Crippen molar-refractivity contribution in [2.75, 3.05) is 12.4 Å². The average Bonchev–Trinajstić information content (AvgIpc) is 2.79. The fourth-order valence-electron chi connectivity index (χ4n) is 2.70. The summed E-state index contributed by atoms with van der Waals surface area (Å²) < 4.78 is 0. The van der Waals surface area contributed by atoms with E-state index in [0.29, 0.717) is 18.2 Å². The van der Waals surface area contributed by atoms with Crippen LogP contribution < -0.4 is 0 Å². The largest absolute Gasteiger partial charge is 0.338 e. The zero-order valence-corrected chi connectivity index (χ0v) is 12.5. The van der Waals surface area contributed by atoms with E-state index in [1.165, 1.54) is 11.1 Å². The smallest absolute Gasteiger partial charge is 0.223 e. The second-order valence-electron chi connectivity index (χ2n) is 5.56. The maximum absolute atomic E-state index is 12.3. The van der Waals surface area contributed by atoms with E-state index in [-0.39, 0.29) is 11.9 Å². The molecule has 3 heteroatoms. The summed E-state index contributed by atoms with van der Waals surface area (Å²) in [5.74, 6) is 1.33. The highest BCUT2D eigenvalue weighted by molar-refractivity contribution is 6.18. The van der Waals surface area contributed by atoms with Crippen LogP contribution in [-0.4, -0.2) is 29.3 Å². The van der Waals surface area contributed by atoms with E-state index in [2.05, 4.69) is 38.1 Å². The molecule has 1 amide bonds. The van der Waals surface area contributed by atoms with Crippen molar-refractivity contribution in [1.29, 1.82) is 0 Å². The van der Waals surface area contributed by atoms with Gasteiger partial charge in [0.25, 0.3) is 0 Å². The van der Waals surface area contributed by atoms with E-state index in [0.717, 1.165) is 19.4 Å². The predicted molar refractivity (Wildman–Crippen MR) is 79.5 cm³/mol. The third-order valence-corrected chi connectivity index (χ3v) is 4.43. The lowest BCUT2D eigenvalue weighted by molar-refractivity contribution is -0.131. The molecule has 0 radical (unpaired) electrons. The van der Waals surface area contributed by atoms with E-state index in [1.807, 2.05) is 4.90 Å². The van der Waals surface area contributed by atoms with E-state index < -0.39 is 0 Å². The van der Waals surface area contributed by atoms with Crippen LogP contribution in [0.15, 0.2) is 24.3 Å². The molecule has 0 N–H and O–H groups in total. The van der Waals surface area contributed by atoms with Crippen LogP contribution in [0.4, 0.5) is 0 Å². The second kappa shape index (κ2) is 6.42. The molecular formula is C16H22ClNO. The number of amides is 1. The summed E-state index contributed by atoms with van der Waals surface area (Å²) in [6.07, 6.45) is 2.48. The molecule has 1 aromatic rings. The maximum atomic E-state index is 12.3. The van der Waals surface area contributed by atoms with Gasteiger partial charge in [0.2, 0.25) is 5.91 Å². The molecule has 2 atom stereocenters. The quantitative estimate of drug-likeness (QED) is 0.774. The Morgan fingerprint density at radius 1 is 1.37 bits per heavy atom. The third-order valence-electron chi connectivity index (χ3n) is 4.11. The van der Waals surface area contributed by atoms with Crippen LogP contribution in [0.1, 0.15) is 30.9 Å². The molecule has 0 aliphatic carbocycles. The summed E-state index contributed by atoms with van der Waals surface area (Å²) in [4.78, 5) is 14.2. The van der Waals surface area contributed by atoms with E-state index >= 15 is 0 Å². The van der Waals surface area contributed by atoms with Gasteiger partial charge in [-0.2, -0.15) is 0 Å². The van der Waals surface area contributed by atoms with Gasteiger partial charge in [0.1, 0.15) is 0 Å². The van der Waals surface area contributed by atoms with Crippen LogP contribution in [0.25, 0.3) is 0 Å². The summed E-state index contributed by atoms with van der Waals surface area (Å²) in [6.45, 7) is 5.12. The van der Waals surface area contributed by atoms with Crippen molar-refractivity contribution in [1.82, 2.24) is 4.90 Å². The SMILES string of the molecule is Cc1ccc(CCC(=O)N2CCC(C)C2CCl)cc1. The third kappa shape index (κ3) is 3.50. The minimum absolute atomic E-state index is 0.229. The van der Waals surface area contributed by atoms with Gasteiger partial charge >= 0.3 is 0 Å². The molecule has 2 nitrogen and oxygen atoms in total. The number of carbonyl (C=O) groups excluding carboxylic acids is 1. The Labute approximate surface area is 120 Å². The van der Waals surface area contributed by atoms with Crippen molar-refractivity contribution in [3.05, 3.63) is 35.4 Å². The van der Waals surface area contributed by atoms with Gasteiger partial charge in [-0.05, 0) is 31.2 Å². The van der Waals surface area contributed by atoms with E-state index in [9.17, 15) is 4.79 Å². The number of nitrogens with zero attached hydrogens (tertiary/aromatic N) is 1. The number of hydrogen-bond acceptors (Lipinski definition) is 1. The molecule has 1 aliphatic heterocycles. The fraction of sp³-hybridized carbons (Fsp3) is 0.562. The average molecular weight is 280 g/mol. The molecule has 1 heterocycles. The number of alkyl halides is 1. The van der Waals surface area contributed by atoms with Crippen LogP contribution >= 0.6 is 11.6 Å². The van der Waals surface area contributed by atoms with Gasteiger partial charge in [-0.3, -0.25) is 4.79 Å². The summed E-state index contributed by atoms with van der Waals surface area (Å²) in [7, 11) is 0. The predicted octanol–water partition coefficient (Wildman–Crippen LogP) is 3.40. The number of hydrogen-bond donors (Lipinski definition) is 0. The normalized spacial score (nSPS) is 22.8. The lowest BCUT2D eigenvalue weighted by Crippen LogP contribution is -2.38. The van der Waals surface area contributed by atoms with Crippen molar-refractivity contribution >= 4 is 17.5 Å². The van der Waals surface area contributed by atoms with Gasteiger partial charge in [-0.15, -0.1) is 11.6 Å². The number of aryl methyl sites for hydroxylation is 2. The van der Waals surface area contributed by atoms with Crippen molar-refractivity contribution < 1.29 is 4.79 Å². The Bertz CT molecular complexity index is 429. The van der Waals surface area contributed by atoms with Crippen LogP contribution in [0.3, 0.4) is 0 Å². The van der Waals surface area contributed by atoms with Crippen molar-refractivity contribution in [2.45, 2.75) is 39.2 Å². The summed E-state index contributed by atoms with van der Waals surface area (Å²) in [6, 6.07) is 8.63. The Hall–Kier alpha value is -1.02. The molecule has 0 saturated carbocycles. The highest BCUT2D eigenvalue weighted by Gasteiger charge is 2.33. The van der Waals surface area contributed by atoms with Crippen molar-refractivity contribution in [3.8, 4) is 0 Å². The lowest BCUT2D eigenvalue weighted by atomic mass is 10.0. The van der Waals surface area contributed by atoms with Crippen LogP contribution in [0.2, 0.25) is 0 Å². The van der Waals surface area contributed by atoms with Crippen LogP contribution in [0, 0.1) is 12.8 Å². The second-order valence-corrected chi connectivity index (χ2v) is 5.87. The van der Waals surface area contributed by atoms with Gasteiger partial charge in [0.05, 0.1) is 0 Å². The van der Waals surface area contributed by atoms with Crippen LogP contribution in [0.5, 0.6) is 0 Å². The molecular weight excluding hydrogens is 258 g/mol. The minimum Gasteiger partial charge on any atom is -0.338 e. The first kappa shape index (κ1) is 14.4. The maximum Gasteiger partial charge on any atom is 0.223 e. The Morgan fingerprint density at radius 3 is 2.68 bits per heavy atom. The molecule has 2 rings (SSSR count). The molecule has 1 aliphatic rings. The van der Waals surface area contributed by atoms with Gasteiger partial charge in [-0.25, -0.2) is 0 Å². The molecule has 0 aromatic heterocycles. The van der Waals surface area contributed by atoms with E-state index in [4.69, 9.17) is 11.6 Å². The Morgan fingerprint density at radius 2 is 2.05 bits per heavy atom. The van der Waals surface area contributed by atoms with Gasteiger partial charge in [0.15, 0.2) is 0 Å². The topological polar surface area (TPSA) is 20.3 Å². The molecule has 19 heavy (non-hydrogen) atoms. The standard InChI is InChI=1S/C16H22ClNO/c1-12-3-5-14(6-4-12)7-8-16(19)18-10-9-13(2)15(18)11-17/h3-6,13,15H,7-11H2,1-2H3. The first-order chi connectivity index (χ1) is 9.11. The van der Waals surface area contributed by atoms with Crippen LogP contribution in [-0.2, 0) is 11.2 Å². The fourth-order valence-corrected chi connectivity index (χ4v) is 3.17. The summed E-state index contributed by atoms with van der Waals surface area (Å²) >= 11 is 5.98. The van der Waals surface area contributed by atoms with Crippen molar-refractivity contribution in [3.63, 3.8) is 0 Å². The molecule has 0 bridgehead atoms. The number of rotatable bonds is 4. The van der Waals surface area contributed by atoms with E-state index in [1.54, 1.807) is 0 Å². The molecule has 1 fully saturated rings. The molecule has 0 spiro atoms.